The van der Waals surface area contributed by atoms with E-state index in [9.17, 15) is 19.8 Å². The third-order valence-electron chi connectivity index (χ3n) is 2.40. The maximum Gasteiger partial charge on any atom is 0.249 e. The molecule has 1 amide bonds. The average molecular weight is 238 g/mol. The molecule has 0 bridgehead atoms. The summed E-state index contributed by atoms with van der Waals surface area (Å²) < 4.78 is 0. The molecule has 0 radical (unpaired) electrons. The van der Waals surface area contributed by atoms with Crippen molar-refractivity contribution in [2.75, 3.05) is 5.73 Å². The molecule has 1 rings (SSSR count). The molecule has 92 valence electrons. The minimum Gasteiger partial charge on any atom is -0.398 e. The molecule has 0 aromatic heterocycles. The van der Waals surface area contributed by atoms with Crippen molar-refractivity contribution < 1.29 is 19.8 Å². The van der Waals surface area contributed by atoms with Gasteiger partial charge in [-0.05, 0) is 13.0 Å². The van der Waals surface area contributed by atoms with Crippen LogP contribution in [-0.2, 0) is 4.79 Å². The Balaban J connectivity index is 3.08. The van der Waals surface area contributed by atoms with Crippen LogP contribution in [-0.4, -0.2) is 28.0 Å². The highest BCUT2D eigenvalue weighted by molar-refractivity contribution is 5.95. The van der Waals surface area contributed by atoms with Crippen molar-refractivity contribution in [3.8, 4) is 0 Å². The Morgan fingerprint density at radius 2 is 1.88 bits per heavy atom. The fourth-order valence-corrected chi connectivity index (χ4v) is 1.39. The Kier molecular flexibility index (Phi) is 3.82. The zero-order valence-electron chi connectivity index (χ0n) is 9.25. The van der Waals surface area contributed by atoms with E-state index in [0.29, 0.717) is 5.56 Å². The highest BCUT2D eigenvalue weighted by Crippen LogP contribution is 2.24. The van der Waals surface area contributed by atoms with Crippen molar-refractivity contribution in [1.82, 2.24) is 0 Å². The smallest absolute Gasteiger partial charge is 0.249 e. The van der Waals surface area contributed by atoms with Crippen molar-refractivity contribution >= 4 is 17.4 Å². The third-order valence-corrected chi connectivity index (χ3v) is 2.40. The summed E-state index contributed by atoms with van der Waals surface area (Å²) in [6, 6.07) is 4.20. The van der Waals surface area contributed by atoms with Crippen molar-refractivity contribution in [1.29, 1.82) is 0 Å². The molecule has 0 aliphatic heterocycles. The van der Waals surface area contributed by atoms with E-state index in [0.717, 1.165) is 0 Å². The molecule has 6 N–H and O–H groups in total. The van der Waals surface area contributed by atoms with E-state index in [-0.39, 0.29) is 17.0 Å². The second-order valence-electron chi connectivity index (χ2n) is 3.69. The minimum absolute atomic E-state index is 0.116. The molecule has 0 saturated heterocycles. The number of hydrogen-bond acceptors (Lipinski definition) is 5. The zero-order chi connectivity index (χ0) is 13.2. The summed E-state index contributed by atoms with van der Waals surface area (Å²) in [5.74, 6) is -1.22. The van der Waals surface area contributed by atoms with Gasteiger partial charge in [-0.1, -0.05) is 12.1 Å². The minimum atomic E-state index is -1.74. The number of carbonyl (C=O) groups is 2. The number of carbonyl (C=O) groups excluding carboxylic acids is 2. The first-order chi connectivity index (χ1) is 7.84. The first-order valence-electron chi connectivity index (χ1n) is 4.90. The lowest BCUT2D eigenvalue weighted by Gasteiger charge is -2.17. The van der Waals surface area contributed by atoms with E-state index in [1.807, 2.05) is 0 Å². The van der Waals surface area contributed by atoms with Crippen molar-refractivity contribution in [2.45, 2.75) is 19.1 Å². The molecule has 2 atom stereocenters. The topological polar surface area (TPSA) is 127 Å². The molecule has 1 aromatic carbocycles. The van der Waals surface area contributed by atoms with Crippen LogP contribution in [0.15, 0.2) is 18.2 Å². The second-order valence-corrected chi connectivity index (χ2v) is 3.69. The Hall–Kier alpha value is -1.92. The maximum absolute atomic E-state index is 11.1. The highest BCUT2D eigenvalue weighted by atomic mass is 16.3. The van der Waals surface area contributed by atoms with Crippen LogP contribution in [0.3, 0.4) is 0 Å². The number of nitrogen functional groups attached to an aromatic ring is 1. The van der Waals surface area contributed by atoms with Gasteiger partial charge >= 0.3 is 0 Å². The first-order valence-corrected chi connectivity index (χ1v) is 4.90. The number of Topliss-reactive ketones (excluding diaryl/α,β-unsaturated/α-hetero) is 1. The quantitative estimate of drug-likeness (QED) is 0.409. The summed E-state index contributed by atoms with van der Waals surface area (Å²) in [5, 5.41) is 19.0. The molecule has 0 saturated carbocycles. The van der Waals surface area contributed by atoms with Crippen molar-refractivity contribution in [3.63, 3.8) is 0 Å². The van der Waals surface area contributed by atoms with Gasteiger partial charge in [0.15, 0.2) is 11.9 Å². The summed E-state index contributed by atoms with van der Waals surface area (Å²) in [7, 11) is 0. The Bertz CT molecular complexity index is 459. The first kappa shape index (κ1) is 13.1. The number of ketones is 1. The molecule has 6 nitrogen and oxygen atoms in total. The fraction of sp³-hybridized carbons (Fsp3) is 0.273. The van der Waals surface area contributed by atoms with Crippen molar-refractivity contribution in [3.05, 3.63) is 29.3 Å². The van der Waals surface area contributed by atoms with Gasteiger partial charge in [-0.2, -0.15) is 0 Å². The van der Waals surface area contributed by atoms with Gasteiger partial charge in [0.2, 0.25) is 5.91 Å². The van der Waals surface area contributed by atoms with Crippen LogP contribution < -0.4 is 11.5 Å². The van der Waals surface area contributed by atoms with E-state index in [2.05, 4.69) is 0 Å². The molecule has 0 aliphatic carbocycles. The Morgan fingerprint density at radius 3 is 2.29 bits per heavy atom. The third kappa shape index (κ3) is 2.80. The second kappa shape index (κ2) is 4.94. The van der Waals surface area contributed by atoms with E-state index in [1.165, 1.54) is 25.1 Å². The van der Waals surface area contributed by atoms with Crippen LogP contribution in [0.2, 0.25) is 0 Å². The molecule has 0 heterocycles. The highest BCUT2D eigenvalue weighted by Gasteiger charge is 2.25. The molecular weight excluding hydrogens is 224 g/mol. The average Bonchev–Trinajstić information content (AvgIpc) is 2.26. The van der Waals surface area contributed by atoms with Crippen LogP contribution >= 0.6 is 0 Å². The van der Waals surface area contributed by atoms with E-state index >= 15 is 0 Å². The molecule has 0 spiro atoms. The van der Waals surface area contributed by atoms with E-state index in [4.69, 9.17) is 11.5 Å². The van der Waals surface area contributed by atoms with Gasteiger partial charge in [-0.25, -0.2) is 0 Å². The standard InChI is InChI=1S/C11H14N2O4/c1-5(14)6-2-3-7(8(12)4-6)9(15)10(16)11(13)17/h2-4,9-10,15-16H,12H2,1H3,(H2,13,17). The Morgan fingerprint density at radius 1 is 1.29 bits per heavy atom. The van der Waals surface area contributed by atoms with Gasteiger partial charge in [0.25, 0.3) is 0 Å². The summed E-state index contributed by atoms with van der Waals surface area (Å²) in [5.41, 5.74) is 11.1. The van der Waals surface area contributed by atoms with Gasteiger partial charge in [-0.3, -0.25) is 9.59 Å². The SMILES string of the molecule is CC(=O)c1ccc(C(O)C(O)C(N)=O)c(N)c1. The fourth-order valence-electron chi connectivity index (χ4n) is 1.39. The molecule has 6 heteroatoms. The lowest BCUT2D eigenvalue weighted by Crippen LogP contribution is -2.34. The number of aliphatic hydroxyl groups excluding tert-OH is 2. The predicted molar refractivity (Wildman–Crippen MR) is 61.0 cm³/mol. The monoisotopic (exact) mass is 238 g/mol. The number of amides is 1. The van der Waals surface area contributed by atoms with Crippen LogP contribution in [0.1, 0.15) is 28.9 Å². The number of anilines is 1. The molecular formula is C11H14N2O4. The predicted octanol–water partition coefficient (Wildman–Crippen LogP) is -0.649. The Labute approximate surface area is 97.8 Å². The zero-order valence-corrected chi connectivity index (χ0v) is 9.25. The van der Waals surface area contributed by atoms with E-state index < -0.39 is 18.1 Å². The number of nitrogens with two attached hydrogens (primary N) is 2. The summed E-state index contributed by atoms with van der Waals surface area (Å²) in [6.07, 6.45) is -3.24. The van der Waals surface area contributed by atoms with Gasteiger partial charge in [0.05, 0.1) is 0 Å². The maximum atomic E-state index is 11.1. The lowest BCUT2D eigenvalue weighted by atomic mass is 9.99. The number of aliphatic hydroxyl groups is 2. The number of hydrogen-bond donors (Lipinski definition) is 4. The number of rotatable bonds is 4. The van der Waals surface area contributed by atoms with Crippen LogP contribution in [0.25, 0.3) is 0 Å². The number of benzene rings is 1. The van der Waals surface area contributed by atoms with Crippen molar-refractivity contribution in [2.24, 2.45) is 5.73 Å². The van der Waals surface area contributed by atoms with Gasteiger partial charge in [0, 0.05) is 16.8 Å². The molecule has 1 aromatic rings. The summed E-state index contributed by atoms with van der Waals surface area (Å²) in [6.45, 7) is 1.38. The van der Waals surface area contributed by atoms with E-state index in [1.54, 1.807) is 0 Å². The summed E-state index contributed by atoms with van der Waals surface area (Å²) in [4.78, 5) is 21.8. The van der Waals surface area contributed by atoms with Crippen LogP contribution in [0.5, 0.6) is 0 Å². The van der Waals surface area contributed by atoms with Crippen LogP contribution in [0.4, 0.5) is 5.69 Å². The summed E-state index contributed by atoms with van der Waals surface area (Å²) >= 11 is 0. The molecule has 0 aliphatic rings. The van der Waals surface area contributed by atoms with Crippen LogP contribution in [0, 0.1) is 0 Å². The largest absolute Gasteiger partial charge is 0.398 e. The molecule has 2 unspecified atom stereocenters. The van der Waals surface area contributed by atoms with Gasteiger partial charge < -0.3 is 21.7 Å². The lowest BCUT2D eigenvalue weighted by molar-refractivity contribution is -0.131. The molecule has 17 heavy (non-hydrogen) atoms. The van der Waals surface area contributed by atoms with Gasteiger partial charge in [0.1, 0.15) is 6.10 Å². The normalized spacial score (nSPS) is 14.1. The molecule has 0 fully saturated rings. The van der Waals surface area contributed by atoms with Gasteiger partial charge in [-0.15, -0.1) is 0 Å². The number of primary amides is 1.